The molecule has 1 unspecified atom stereocenters. The normalized spacial score (nSPS) is 15.8. The Bertz CT molecular complexity index is 446. The minimum absolute atomic E-state index is 0.0497. The van der Waals surface area contributed by atoms with Crippen molar-refractivity contribution in [3.05, 3.63) is 35.6 Å². The number of hydrogen-bond acceptors (Lipinski definition) is 2. The number of halogens is 1. The standard InChI is InChI=1S/C15H21FN2O2/c1-2-18(9-10-19)15(20)17-14(11-3-4-11)12-5-7-13(16)8-6-12/h5-8,11,14,19H,2-4,9-10H2,1H3,(H,17,20). The van der Waals surface area contributed by atoms with Crippen LogP contribution in [0.25, 0.3) is 0 Å². The SMILES string of the molecule is CCN(CCO)C(=O)NC(c1ccc(F)cc1)C1CC1. The number of amides is 2. The highest BCUT2D eigenvalue weighted by Crippen LogP contribution is 2.41. The fraction of sp³-hybridized carbons (Fsp3) is 0.533. The number of aliphatic hydroxyl groups is 1. The van der Waals surface area contributed by atoms with E-state index in [1.165, 1.54) is 12.1 Å². The predicted molar refractivity (Wildman–Crippen MR) is 74.7 cm³/mol. The molecular weight excluding hydrogens is 259 g/mol. The number of carbonyl (C=O) groups is 1. The Kier molecular flexibility index (Phi) is 4.95. The number of urea groups is 1. The second-order valence-corrected chi connectivity index (χ2v) is 5.12. The smallest absolute Gasteiger partial charge is 0.317 e. The van der Waals surface area contributed by atoms with E-state index in [0.29, 0.717) is 19.0 Å². The van der Waals surface area contributed by atoms with E-state index in [1.54, 1.807) is 17.0 Å². The van der Waals surface area contributed by atoms with Gasteiger partial charge in [0, 0.05) is 13.1 Å². The predicted octanol–water partition coefficient (Wildman–Crippen LogP) is 2.30. The minimum Gasteiger partial charge on any atom is -0.395 e. The van der Waals surface area contributed by atoms with E-state index in [-0.39, 0.29) is 24.5 Å². The second-order valence-electron chi connectivity index (χ2n) is 5.12. The Morgan fingerprint density at radius 3 is 2.60 bits per heavy atom. The lowest BCUT2D eigenvalue weighted by atomic mass is 10.0. The molecular formula is C15H21FN2O2. The molecule has 2 N–H and O–H groups in total. The van der Waals surface area contributed by atoms with Crippen molar-refractivity contribution in [1.29, 1.82) is 0 Å². The first-order valence-electron chi connectivity index (χ1n) is 7.07. The first-order chi connectivity index (χ1) is 9.65. The Morgan fingerprint density at radius 1 is 1.45 bits per heavy atom. The quantitative estimate of drug-likeness (QED) is 0.840. The van der Waals surface area contributed by atoms with E-state index in [2.05, 4.69) is 5.32 Å². The highest BCUT2D eigenvalue weighted by atomic mass is 19.1. The van der Waals surface area contributed by atoms with Gasteiger partial charge in [-0.25, -0.2) is 9.18 Å². The zero-order valence-electron chi connectivity index (χ0n) is 11.7. The number of likely N-dealkylation sites (N-methyl/N-ethyl adjacent to an activating group) is 1. The molecule has 1 aliphatic rings. The Labute approximate surface area is 118 Å². The highest BCUT2D eigenvalue weighted by Gasteiger charge is 2.34. The summed E-state index contributed by atoms with van der Waals surface area (Å²) in [7, 11) is 0. The summed E-state index contributed by atoms with van der Waals surface area (Å²) in [6.45, 7) is 2.70. The van der Waals surface area contributed by atoms with Crippen LogP contribution in [-0.4, -0.2) is 35.7 Å². The van der Waals surface area contributed by atoms with Crippen LogP contribution in [0, 0.1) is 11.7 Å². The van der Waals surface area contributed by atoms with Crippen molar-refractivity contribution in [2.24, 2.45) is 5.92 Å². The van der Waals surface area contributed by atoms with Crippen molar-refractivity contribution < 1.29 is 14.3 Å². The minimum atomic E-state index is -0.273. The van der Waals surface area contributed by atoms with E-state index in [0.717, 1.165) is 18.4 Å². The van der Waals surface area contributed by atoms with E-state index >= 15 is 0 Å². The molecule has 0 saturated heterocycles. The third kappa shape index (κ3) is 3.70. The van der Waals surface area contributed by atoms with Crippen molar-refractivity contribution in [3.8, 4) is 0 Å². The molecule has 1 aromatic carbocycles. The molecule has 2 amide bonds. The molecule has 0 aliphatic heterocycles. The van der Waals surface area contributed by atoms with Crippen molar-refractivity contribution in [2.75, 3.05) is 19.7 Å². The summed E-state index contributed by atoms with van der Waals surface area (Å²) in [5.74, 6) is 0.155. The lowest BCUT2D eigenvalue weighted by Gasteiger charge is -2.25. The Morgan fingerprint density at radius 2 is 2.10 bits per heavy atom. The van der Waals surface area contributed by atoms with Crippen molar-refractivity contribution in [3.63, 3.8) is 0 Å². The van der Waals surface area contributed by atoms with Gasteiger partial charge < -0.3 is 15.3 Å². The van der Waals surface area contributed by atoms with Gasteiger partial charge in [-0.2, -0.15) is 0 Å². The van der Waals surface area contributed by atoms with Gasteiger partial charge in [-0.1, -0.05) is 12.1 Å². The van der Waals surface area contributed by atoms with E-state index in [1.807, 2.05) is 6.92 Å². The lowest BCUT2D eigenvalue weighted by molar-refractivity contribution is 0.176. The molecule has 5 heteroatoms. The number of carbonyl (C=O) groups excluding carboxylic acids is 1. The van der Waals surface area contributed by atoms with Gasteiger partial charge >= 0.3 is 6.03 Å². The number of aliphatic hydroxyl groups excluding tert-OH is 1. The van der Waals surface area contributed by atoms with Crippen LogP contribution in [0.1, 0.15) is 31.4 Å². The molecule has 0 bridgehead atoms. The highest BCUT2D eigenvalue weighted by molar-refractivity contribution is 5.74. The summed E-state index contributed by atoms with van der Waals surface area (Å²) >= 11 is 0. The van der Waals surface area contributed by atoms with E-state index < -0.39 is 0 Å². The summed E-state index contributed by atoms with van der Waals surface area (Å²) in [6, 6.07) is 6.03. The van der Waals surface area contributed by atoms with Crippen LogP contribution in [0.3, 0.4) is 0 Å². The molecule has 20 heavy (non-hydrogen) atoms. The van der Waals surface area contributed by atoms with Crippen LogP contribution in [0.15, 0.2) is 24.3 Å². The zero-order valence-corrected chi connectivity index (χ0v) is 11.7. The third-order valence-electron chi connectivity index (χ3n) is 3.64. The van der Waals surface area contributed by atoms with E-state index in [4.69, 9.17) is 5.11 Å². The van der Waals surface area contributed by atoms with Crippen molar-refractivity contribution >= 4 is 6.03 Å². The maximum absolute atomic E-state index is 13.0. The second kappa shape index (κ2) is 6.70. The molecule has 1 saturated carbocycles. The van der Waals surface area contributed by atoms with Crippen LogP contribution in [0.5, 0.6) is 0 Å². The summed E-state index contributed by atoms with van der Waals surface area (Å²) in [4.78, 5) is 13.7. The molecule has 1 aliphatic carbocycles. The molecule has 0 aromatic heterocycles. The van der Waals surface area contributed by atoms with Crippen LogP contribution >= 0.6 is 0 Å². The van der Waals surface area contributed by atoms with Gasteiger partial charge in [0.2, 0.25) is 0 Å². The van der Waals surface area contributed by atoms with Crippen molar-refractivity contribution in [2.45, 2.75) is 25.8 Å². The van der Waals surface area contributed by atoms with Gasteiger partial charge in [-0.05, 0) is 43.4 Å². The molecule has 1 atom stereocenters. The third-order valence-corrected chi connectivity index (χ3v) is 3.64. The van der Waals surface area contributed by atoms with Crippen LogP contribution in [0.4, 0.5) is 9.18 Å². The maximum atomic E-state index is 13.0. The molecule has 1 fully saturated rings. The van der Waals surface area contributed by atoms with Gasteiger partial charge in [0.15, 0.2) is 0 Å². The van der Waals surface area contributed by atoms with E-state index in [9.17, 15) is 9.18 Å². The van der Waals surface area contributed by atoms with Gasteiger partial charge in [0.05, 0.1) is 12.6 Å². The molecule has 1 aromatic rings. The summed E-state index contributed by atoms with van der Waals surface area (Å²) in [5.41, 5.74) is 0.933. The van der Waals surface area contributed by atoms with Crippen molar-refractivity contribution in [1.82, 2.24) is 10.2 Å². The average molecular weight is 280 g/mol. The molecule has 0 spiro atoms. The largest absolute Gasteiger partial charge is 0.395 e. The van der Waals surface area contributed by atoms with Crippen LogP contribution < -0.4 is 5.32 Å². The Hall–Kier alpha value is -1.62. The van der Waals surface area contributed by atoms with Crippen LogP contribution in [0.2, 0.25) is 0 Å². The topological polar surface area (TPSA) is 52.6 Å². The average Bonchev–Trinajstić information content (AvgIpc) is 3.27. The summed E-state index contributed by atoms with van der Waals surface area (Å²) < 4.78 is 13.0. The molecule has 0 radical (unpaired) electrons. The zero-order chi connectivity index (χ0) is 14.5. The molecule has 2 rings (SSSR count). The fourth-order valence-corrected chi connectivity index (χ4v) is 2.32. The first-order valence-corrected chi connectivity index (χ1v) is 7.07. The maximum Gasteiger partial charge on any atom is 0.317 e. The number of hydrogen-bond donors (Lipinski definition) is 2. The fourth-order valence-electron chi connectivity index (χ4n) is 2.32. The van der Waals surface area contributed by atoms with Crippen LogP contribution in [-0.2, 0) is 0 Å². The van der Waals surface area contributed by atoms with Gasteiger partial charge in [0.25, 0.3) is 0 Å². The lowest BCUT2D eigenvalue weighted by Crippen LogP contribution is -2.43. The molecule has 110 valence electrons. The van der Waals surface area contributed by atoms with Gasteiger partial charge in [-0.3, -0.25) is 0 Å². The van der Waals surface area contributed by atoms with Gasteiger partial charge in [-0.15, -0.1) is 0 Å². The summed E-state index contributed by atoms with van der Waals surface area (Å²) in [6.07, 6.45) is 2.16. The molecule has 0 heterocycles. The first kappa shape index (κ1) is 14.8. The number of nitrogens with zero attached hydrogens (tertiary/aromatic N) is 1. The monoisotopic (exact) mass is 280 g/mol. The summed E-state index contributed by atoms with van der Waals surface area (Å²) in [5, 5.41) is 12.0. The number of rotatable bonds is 6. The van der Waals surface area contributed by atoms with Gasteiger partial charge in [0.1, 0.15) is 5.82 Å². The molecule has 4 nitrogen and oxygen atoms in total. The number of nitrogens with one attached hydrogen (secondary N) is 1. The Balaban J connectivity index is 2.06. The number of benzene rings is 1.